The molecule has 18 heavy (non-hydrogen) atoms. The lowest BCUT2D eigenvalue weighted by Crippen LogP contribution is -2.38. The number of methoxy groups -OCH3 is 2. The van der Waals surface area contributed by atoms with Crippen LogP contribution in [0.4, 0.5) is 0 Å². The van der Waals surface area contributed by atoms with Gasteiger partial charge in [-0.3, -0.25) is 5.84 Å². The van der Waals surface area contributed by atoms with Crippen LogP contribution in [0.25, 0.3) is 11.0 Å². The van der Waals surface area contributed by atoms with Crippen LogP contribution in [-0.2, 0) is 9.47 Å². The summed E-state index contributed by atoms with van der Waals surface area (Å²) in [6.45, 7) is 0. The van der Waals surface area contributed by atoms with Gasteiger partial charge in [0.05, 0.1) is 5.02 Å². The van der Waals surface area contributed by atoms with Crippen molar-refractivity contribution in [2.24, 2.45) is 5.84 Å². The quantitative estimate of drug-likeness (QED) is 0.495. The van der Waals surface area contributed by atoms with Gasteiger partial charge in [-0.05, 0) is 12.1 Å². The molecule has 0 amide bonds. The van der Waals surface area contributed by atoms with Gasteiger partial charge in [0.15, 0.2) is 11.9 Å². The lowest BCUT2D eigenvalue weighted by molar-refractivity contribution is -0.127. The molecule has 0 fully saturated rings. The first-order valence-electron chi connectivity index (χ1n) is 5.41. The number of furan rings is 1. The second-order valence-corrected chi connectivity index (χ2v) is 4.20. The smallest absolute Gasteiger partial charge is 0.180 e. The predicted octanol–water partition coefficient (Wildman–Crippen LogP) is 2.21. The summed E-state index contributed by atoms with van der Waals surface area (Å²) < 4.78 is 16.1. The lowest BCUT2D eigenvalue weighted by atomic mass is 10.2. The Kier molecular flexibility index (Phi) is 4.21. The SMILES string of the molecule is COC(OC)C(NN)c1cc2cccc(Cl)c2o1. The minimum Gasteiger partial charge on any atom is -0.458 e. The number of para-hydroxylation sites is 1. The predicted molar refractivity (Wildman–Crippen MR) is 69.1 cm³/mol. The Labute approximate surface area is 110 Å². The second-order valence-electron chi connectivity index (χ2n) is 3.79. The summed E-state index contributed by atoms with van der Waals surface area (Å²) >= 11 is 6.06. The van der Waals surface area contributed by atoms with Gasteiger partial charge >= 0.3 is 0 Å². The Morgan fingerprint density at radius 2 is 2.06 bits per heavy atom. The molecule has 1 heterocycles. The zero-order chi connectivity index (χ0) is 13.1. The number of halogens is 1. The Morgan fingerprint density at radius 3 is 2.61 bits per heavy atom. The maximum atomic E-state index is 6.06. The summed E-state index contributed by atoms with van der Waals surface area (Å²) in [5.41, 5.74) is 3.24. The van der Waals surface area contributed by atoms with Crippen LogP contribution in [-0.4, -0.2) is 20.5 Å². The van der Waals surface area contributed by atoms with Crippen LogP contribution in [0.3, 0.4) is 0 Å². The number of nitrogens with two attached hydrogens (primary N) is 1. The van der Waals surface area contributed by atoms with Crippen LogP contribution in [0.15, 0.2) is 28.7 Å². The molecule has 0 radical (unpaired) electrons. The Morgan fingerprint density at radius 1 is 1.33 bits per heavy atom. The highest BCUT2D eigenvalue weighted by molar-refractivity contribution is 6.34. The van der Waals surface area contributed by atoms with Crippen LogP contribution in [0.2, 0.25) is 5.02 Å². The van der Waals surface area contributed by atoms with Crippen molar-refractivity contribution in [3.63, 3.8) is 0 Å². The first-order chi connectivity index (χ1) is 8.71. The van der Waals surface area contributed by atoms with Crippen molar-refractivity contribution in [1.29, 1.82) is 0 Å². The van der Waals surface area contributed by atoms with Gasteiger partial charge in [-0.2, -0.15) is 0 Å². The number of hydrazine groups is 1. The fourth-order valence-corrected chi connectivity index (χ4v) is 2.08. The number of hydrogen-bond donors (Lipinski definition) is 2. The van der Waals surface area contributed by atoms with Crippen LogP contribution in [0, 0.1) is 0 Å². The van der Waals surface area contributed by atoms with Crippen LogP contribution in [0.1, 0.15) is 11.8 Å². The van der Waals surface area contributed by atoms with Gasteiger partial charge in [-0.15, -0.1) is 0 Å². The topological polar surface area (TPSA) is 69.7 Å². The number of hydrogen-bond acceptors (Lipinski definition) is 5. The van der Waals surface area contributed by atoms with Gasteiger partial charge in [-0.25, -0.2) is 5.43 Å². The molecule has 3 N–H and O–H groups in total. The van der Waals surface area contributed by atoms with Gasteiger partial charge in [-0.1, -0.05) is 23.7 Å². The molecule has 2 aromatic rings. The third-order valence-corrected chi connectivity index (χ3v) is 3.04. The van der Waals surface area contributed by atoms with Gasteiger partial charge in [0.25, 0.3) is 0 Å². The molecular weight excluding hydrogens is 256 g/mol. The highest BCUT2D eigenvalue weighted by Crippen LogP contribution is 2.30. The zero-order valence-corrected chi connectivity index (χ0v) is 10.9. The van der Waals surface area contributed by atoms with Crippen molar-refractivity contribution in [1.82, 2.24) is 5.43 Å². The fourth-order valence-electron chi connectivity index (χ4n) is 1.86. The fraction of sp³-hybridized carbons (Fsp3) is 0.333. The first kappa shape index (κ1) is 13.3. The third-order valence-electron chi connectivity index (χ3n) is 2.74. The summed E-state index contributed by atoms with van der Waals surface area (Å²) in [6.07, 6.45) is -0.547. The number of nitrogens with one attached hydrogen (secondary N) is 1. The lowest BCUT2D eigenvalue weighted by Gasteiger charge is -2.21. The van der Waals surface area contributed by atoms with E-state index in [0.717, 1.165) is 5.39 Å². The summed E-state index contributed by atoms with van der Waals surface area (Å²) in [5, 5.41) is 1.46. The molecule has 5 nitrogen and oxygen atoms in total. The van der Waals surface area contributed by atoms with E-state index in [-0.39, 0.29) is 0 Å². The molecule has 6 heteroatoms. The van der Waals surface area contributed by atoms with Crippen molar-refractivity contribution >= 4 is 22.6 Å². The minimum atomic E-state index is -0.547. The Balaban J connectivity index is 2.42. The molecule has 0 aliphatic carbocycles. The molecule has 98 valence electrons. The molecule has 0 saturated carbocycles. The summed E-state index contributed by atoms with van der Waals surface area (Å²) in [6, 6.07) is 6.99. The molecule has 2 rings (SSSR count). The monoisotopic (exact) mass is 270 g/mol. The maximum Gasteiger partial charge on any atom is 0.180 e. The molecule has 0 spiro atoms. The largest absolute Gasteiger partial charge is 0.458 e. The van der Waals surface area contributed by atoms with E-state index in [9.17, 15) is 0 Å². The van der Waals surface area contributed by atoms with E-state index in [0.29, 0.717) is 16.4 Å². The van der Waals surface area contributed by atoms with E-state index in [1.165, 1.54) is 14.2 Å². The van der Waals surface area contributed by atoms with Crippen LogP contribution in [0.5, 0.6) is 0 Å². The minimum absolute atomic E-state index is 0.413. The summed E-state index contributed by atoms with van der Waals surface area (Å²) in [5.74, 6) is 6.12. The van der Waals surface area contributed by atoms with E-state index in [4.69, 9.17) is 31.3 Å². The van der Waals surface area contributed by atoms with Gasteiger partial charge in [0.2, 0.25) is 0 Å². The van der Waals surface area contributed by atoms with E-state index in [2.05, 4.69) is 5.43 Å². The highest BCUT2D eigenvalue weighted by atomic mass is 35.5. The second kappa shape index (κ2) is 5.69. The molecule has 0 aliphatic heterocycles. The Hall–Kier alpha value is -1.11. The standard InChI is InChI=1S/C12H15ClN2O3/c1-16-12(17-2)10(15-14)9-6-7-4-3-5-8(13)11(7)18-9/h3-6,10,12,15H,14H2,1-2H3. The normalized spacial score (nSPS) is 13.4. The van der Waals surface area contributed by atoms with Crippen LogP contribution >= 0.6 is 11.6 Å². The van der Waals surface area contributed by atoms with Crippen molar-refractivity contribution in [3.05, 3.63) is 35.0 Å². The summed E-state index contributed by atoms with van der Waals surface area (Å²) in [7, 11) is 3.07. The first-order valence-corrected chi connectivity index (χ1v) is 5.78. The molecular formula is C12H15ClN2O3. The van der Waals surface area contributed by atoms with Gasteiger partial charge in [0.1, 0.15) is 11.8 Å². The number of benzene rings is 1. The van der Waals surface area contributed by atoms with Gasteiger partial charge in [0, 0.05) is 19.6 Å². The number of fused-ring (bicyclic) bond motifs is 1. The van der Waals surface area contributed by atoms with E-state index in [1.807, 2.05) is 18.2 Å². The van der Waals surface area contributed by atoms with Gasteiger partial charge < -0.3 is 13.9 Å². The molecule has 1 unspecified atom stereocenters. The molecule has 1 atom stereocenters. The number of ether oxygens (including phenoxy) is 2. The van der Waals surface area contributed by atoms with E-state index >= 15 is 0 Å². The third kappa shape index (κ3) is 2.36. The molecule has 1 aromatic carbocycles. The molecule has 0 bridgehead atoms. The van der Waals surface area contributed by atoms with Crippen LogP contribution < -0.4 is 11.3 Å². The molecule has 0 aliphatic rings. The average molecular weight is 271 g/mol. The van der Waals surface area contributed by atoms with Crippen molar-refractivity contribution in [3.8, 4) is 0 Å². The van der Waals surface area contributed by atoms with Crippen molar-refractivity contribution < 1.29 is 13.9 Å². The molecule has 1 aromatic heterocycles. The van der Waals surface area contributed by atoms with Crippen molar-refractivity contribution in [2.75, 3.05) is 14.2 Å². The molecule has 0 saturated heterocycles. The Bertz CT molecular complexity index is 525. The highest BCUT2D eigenvalue weighted by Gasteiger charge is 2.25. The van der Waals surface area contributed by atoms with E-state index in [1.54, 1.807) is 6.07 Å². The maximum absolute atomic E-state index is 6.06. The summed E-state index contributed by atoms with van der Waals surface area (Å²) in [4.78, 5) is 0. The number of rotatable bonds is 5. The average Bonchev–Trinajstić information content (AvgIpc) is 2.80. The zero-order valence-electron chi connectivity index (χ0n) is 10.1. The van der Waals surface area contributed by atoms with Crippen molar-refractivity contribution in [2.45, 2.75) is 12.3 Å². The van der Waals surface area contributed by atoms with E-state index < -0.39 is 12.3 Å².